The first kappa shape index (κ1) is 23.8. The first-order valence-corrected chi connectivity index (χ1v) is 13.4. The number of carbonyl (C=O) groups excluding carboxylic acids is 3. The van der Waals surface area contributed by atoms with Crippen LogP contribution in [0.1, 0.15) is 36.7 Å². The van der Waals surface area contributed by atoms with E-state index in [9.17, 15) is 14.4 Å². The second-order valence-electron chi connectivity index (χ2n) is 10.2. The van der Waals surface area contributed by atoms with Crippen molar-refractivity contribution in [1.82, 2.24) is 9.80 Å². The number of methoxy groups -OCH3 is 1. The number of Topliss-reactive ketones (excluding diaryl/α,β-unsaturated/α-hetero) is 1. The molecule has 0 spiro atoms. The molecule has 1 fully saturated rings. The number of ether oxygens (including phenoxy) is 1. The summed E-state index contributed by atoms with van der Waals surface area (Å²) in [6, 6.07) is 22.8. The lowest BCUT2D eigenvalue weighted by molar-refractivity contribution is -0.119. The molecule has 0 saturated carbocycles. The Morgan fingerprint density at radius 2 is 1.68 bits per heavy atom. The van der Waals surface area contributed by atoms with Crippen molar-refractivity contribution in [3.05, 3.63) is 101 Å². The first-order chi connectivity index (χ1) is 20.5. The largest absolute Gasteiger partial charge is 0.465 e. The van der Waals surface area contributed by atoms with Crippen LogP contribution in [0, 0.1) is 0 Å². The number of anilines is 1. The molecule has 3 aromatic rings. The number of nitrogens with zero attached hydrogens (tertiary/aromatic N) is 3. The summed E-state index contributed by atoms with van der Waals surface area (Å²) in [4.78, 5) is 43.6. The van der Waals surface area contributed by atoms with Crippen molar-refractivity contribution < 1.29 is 23.2 Å². The zero-order valence-electron chi connectivity index (χ0n) is 25.9. The van der Waals surface area contributed by atoms with Gasteiger partial charge in [-0.3, -0.25) is 14.5 Å². The van der Waals surface area contributed by atoms with Crippen LogP contribution in [0.2, 0.25) is 0 Å². The highest BCUT2D eigenvalue weighted by Crippen LogP contribution is 2.38. The van der Waals surface area contributed by atoms with Gasteiger partial charge in [0.15, 0.2) is 5.78 Å². The average Bonchev–Trinajstić information content (AvgIpc) is 3.34. The molecule has 0 bridgehead atoms. The Bertz CT molecular complexity index is 1540. The maximum atomic E-state index is 13.4. The molecule has 0 aromatic heterocycles. The third kappa shape index (κ3) is 5.91. The van der Waals surface area contributed by atoms with E-state index in [4.69, 9.17) is 8.85 Å². The third-order valence-corrected chi connectivity index (χ3v) is 7.66. The van der Waals surface area contributed by atoms with Crippen molar-refractivity contribution in [3.63, 3.8) is 0 Å². The normalized spacial score (nSPS) is 18.4. The molecular weight excluding hydrogens is 502 g/mol. The predicted molar refractivity (Wildman–Crippen MR) is 157 cm³/mol. The van der Waals surface area contributed by atoms with Crippen molar-refractivity contribution in [2.45, 2.75) is 12.8 Å². The molecule has 0 N–H and O–H groups in total. The Hall–Kier alpha value is -4.07. The van der Waals surface area contributed by atoms with E-state index in [0.717, 1.165) is 33.5 Å². The molecule has 7 heteroatoms. The Balaban J connectivity index is 1.34. The van der Waals surface area contributed by atoms with E-state index in [2.05, 4.69) is 0 Å². The van der Waals surface area contributed by atoms with Crippen molar-refractivity contribution in [2.75, 3.05) is 58.8 Å². The zero-order valence-corrected chi connectivity index (χ0v) is 22.9. The molecule has 1 amide bonds. The van der Waals surface area contributed by atoms with Crippen molar-refractivity contribution in [1.29, 1.82) is 0 Å². The quantitative estimate of drug-likeness (QED) is 0.334. The van der Waals surface area contributed by atoms with Crippen LogP contribution in [0.4, 0.5) is 5.69 Å². The van der Waals surface area contributed by atoms with Gasteiger partial charge in [0, 0.05) is 55.0 Å². The standard InChI is InChI=1S/C33H35N3O4/c1-34-15-17-36(18-16-34)22-31(38)35(2)27-12-9-23(10-13-27)19-29(24-7-5-4-6-8-24)32-28-14-11-25(33(39)40-3)20-26(28)21-30(32)37/h4-14,20H,15-19,21-22H2,1-3H3/b32-29+/i1D3. The summed E-state index contributed by atoms with van der Waals surface area (Å²) in [7, 11) is 3.08. The lowest BCUT2D eigenvalue weighted by Crippen LogP contribution is -2.48. The van der Waals surface area contributed by atoms with Crippen LogP contribution in [0.3, 0.4) is 0 Å². The van der Waals surface area contributed by atoms with Gasteiger partial charge in [-0.05, 0) is 65.5 Å². The van der Waals surface area contributed by atoms with Crippen LogP contribution in [-0.4, -0.2) is 81.3 Å². The van der Waals surface area contributed by atoms with Crippen LogP contribution >= 0.6 is 0 Å². The number of carbonyl (C=O) groups is 3. The topological polar surface area (TPSA) is 70.2 Å². The highest BCUT2D eigenvalue weighted by atomic mass is 16.5. The molecule has 1 aliphatic carbocycles. The van der Waals surface area contributed by atoms with E-state index in [1.807, 2.05) is 65.6 Å². The highest BCUT2D eigenvalue weighted by Gasteiger charge is 2.29. The van der Waals surface area contributed by atoms with E-state index < -0.39 is 12.9 Å². The summed E-state index contributed by atoms with van der Waals surface area (Å²) in [5.41, 5.74) is 6.32. The summed E-state index contributed by atoms with van der Waals surface area (Å²) >= 11 is 0. The predicted octanol–water partition coefficient (Wildman–Crippen LogP) is 3.96. The molecular formula is C33H35N3O4. The first-order valence-electron chi connectivity index (χ1n) is 14.9. The minimum atomic E-state index is -2.10. The molecule has 1 heterocycles. The molecule has 1 aliphatic heterocycles. The third-order valence-electron chi connectivity index (χ3n) is 7.66. The van der Waals surface area contributed by atoms with Crippen LogP contribution in [0.5, 0.6) is 0 Å². The number of fused-ring (bicyclic) bond motifs is 1. The van der Waals surface area contributed by atoms with E-state index in [1.54, 1.807) is 24.1 Å². The molecule has 7 nitrogen and oxygen atoms in total. The number of hydrogen-bond acceptors (Lipinski definition) is 6. The number of likely N-dealkylation sites (N-methyl/N-ethyl adjacent to an activating group) is 2. The molecule has 0 atom stereocenters. The van der Waals surface area contributed by atoms with Gasteiger partial charge in [-0.25, -0.2) is 4.79 Å². The van der Waals surface area contributed by atoms with Crippen molar-refractivity contribution in [3.8, 4) is 0 Å². The van der Waals surface area contributed by atoms with Gasteiger partial charge in [-0.15, -0.1) is 0 Å². The maximum absolute atomic E-state index is 13.4. The minimum Gasteiger partial charge on any atom is -0.465 e. The number of amides is 1. The van der Waals surface area contributed by atoms with Gasteiger partial charge in [-0.2, -0.15) is 0 Å². The van der Waals surface area contributed by atoms with Crippen molar-refractivity contribution in [2.24, 2.45) is 0 Å². The monoisotopic (exact) mass is 540 g/mol. The lowest BCUT2D eigenvalue weighted by Gasteiger charge is -2.32. The summed E-state index contributed by atoms with van der Waals surface area (Å²) in [6.45, 7) is -0.0227. The molecule has 0 unspecified atom stereocenters. The molecule has 0 radical (unpaired) electrons. The zero-order chi connectivity index (χ0) is 30.7. The SMILES string of the molecule is [2H]C([2H])([2H])N1CCN(CC(=O)N(C)c2ccc(C/C(=C3\C(=O)Cc4cc(C(=O)OC)ccc43)c3ccccc3)cc2)CC1. The number of benzene rings is 3. The number of allylic oxidation sites excluding steroid dienone is 2. The number of esters is 1. The Kier molecular flexibility index (Phi) is 7.13. The molecule has 206 valence electrons. The van der Waals surface area contributed by atoms with Crippen molar-refractivity contribution >= 4 is 34.5 Å². The second-order valence-corrected chi connectivity index (χ2v) is 10.2. The Morgan fingerprint density at radius 3 is 2.35 bits per heavy atom. The van der Waals surface area contributed by atoms with Crippen LogP contribution in [0.25, 0.3) is 11.1 Å². The Morgan fingerprint density at radius 1 is 0.950 bits per heavy atom. The average molecular weight is 541 g/mol. The van der Waals surface area contributed by atoms with E-state index >= 15 is 0 Å². The number of hydrogen-bond donors (Lipinski definition) is 0. The van der Waals surface area contributed by atoms with E-state index in [-0.39, 0.29) is 24.7 Å². The van der Waals surface area contributed by atoms with Gasteiger partial charge in [0.25, 0.3) is 0 Å². The van der Waals surface area contributed by atoms with Gasteiger partial charge in [0.2, 0.25) is 5.91 Å². The fraction of sp³-hybridized carbons (Fsp3) is 0.303. The molecule has 40 heavy (non-hydrogen) atoms. The second kappa shape index (κ2) is 12.0. The molecule has 5 rings (SSSR count). The number of piperazine rings is 1. The fourth-order valence-electron chi connectivity index (χ4n) is 5.33. The van der Waals surface area contributed by atoms with Gasteiger partial charge >= 0.3 is 5.97 Å². The van der Waals surface area contributed by atoms with Crippen LogP contribution < -0.4 is 4.90 Å². The fourth-order valence-corrected chi connectivity index (χ4v) is 5.33. The Labute approximate surface area is 239 Å². The molecule has 3 aromatic carbocycles. The lowest BCUT2D eigenvalue weighted by atomic mass is 9.90. The summed E-state index contributed by atoms with van der Waals surface area (Å²) in [5, 5.41) is 0. The van der Waals surface area contributed by atoms with E-state index in [1.165, 1.54) is 12.0 Å². The molecule has 1 saturated heterocycles. The maximum Gasteiger partial charge on any atom is 0.337 e. The smallest absolute Gasteiger partial charge is 0.337 e. The highest BCUT2D eigenvalue weighted by molar-refractivity contribution is 6.32. The van der Waals surface area contributed by atoms with Crippen LogP contribution in [-0.2, 0) is 27.2 Å². The molecule has 2 aliphatic rings. The summed E-state index contributed by atoms with van der Waals surface area (Å²) in [6.07, 6.45) is 0.734. The number of rotatable bonds is 7. The minimum absolute atomic E-state index is 0.0116. The van der Waals surface area contributed by atoms with E-state index in [0.29, 0.717) is 43.7 Å². The van der Waals surface area contributed by atoms with Gasteiger partial charge in [0.1, 0.15) is 0 Å². The number of ketones is 1. The van der Waals surface area contributed by atoms with Gasteiger partial charge in [-0.1, -0.05) is 48.5 Å². The summed E-state index contributed by atoms with van der Waals surface area (Å²) in [5.74, 6) is -0.491. The summed E-state index contributed by atoms with van der Waals surface area (Å²) < 4.78 is 27.6. The van der Waals surface area contributed by atoms with Gasteiger partial charge < -0.3 is 14.5 Å². The van der Waals surface area contributed by atoms with Crippen LogP contribution in [0.15, 0.2) is 72.8 Å². The van der Waals surface area contributed by atoms with Gasteiger partial charge in [0.05, 0.1) is 19.2 Å².